The van der Waals surface area contributed by atoms with Crippen molar-refractivity contribution in [2.75, 3.05) is 10.6 Å². The minimum Gasteiger partial charge on any atom is -0.332 e. The topological polar surface area (TPSA) is 70.2 Å². The summed E-state index contributed by atoms with van der Waals surface area (Å²) in [7, 11) is 0. The molecule has 0 radical (unpaired) electrons. The number of rotatable bonds is 6. The van der Waals surface area contributed by atoms with E-state index in [-0.39, 0.29) is 16.9 Å². The molecule has 0 spiro atoms. The molecule has 0 heterocycles. The molecule has 2 rings (SSSR count). The molecule has 0 saturated heterocycles. The average Bonchev–Trinajstić information content (AvgIpc) is 2.61. The van der Waals surface area contributed by atoms with Crippen molar-refractivity contribution < 1.29 is 9.59 Å². The van der Waals surface area contributed by atoms with Gasteiger partial charge in [0.05, 0.1) is 0 Å². The number of nitrogens with one attached hydrogen (secondary N) is 3. The number of hydrogen-bond donors (Lipinski definition) is 3. The van der Waals surface area contributed by atoms with E-state index in [0.717, 1.165) is 12.0 Å². The summed E-state index contributed by atoms with van der Waals surface area (Å²) in [4.78, 5) is 23.6. The van der Waals surface area contributed by atoms with Crippen molar-refractivity contribution in [2.24, 2.45) is 0 Å². The van der Waals surface area contributed by atoms with Crippen LogP contribution in [0.4, 0.5) is 11.4 Å². The molecule has 26 heavy (non-hydrogen) atoms. The molecular weight excluding hydrogens is 346 g/mol. The molecule has 0 aliphatic carbocycles. The first-order valence-corrected chi connectivity index (χ1v) is 8.72. The minimum absolute atomic E-state index is 0.0356. The molecule has 2 aromatic rings. The van der Waals surface area contributed by atoms with E-state index in [0.29, 0.717) is 17.8 Å². The summed E-state index contributed by atoms with van der Waals surface area (Å²) in [5.41, 5.74) is 2.28. The Morgan fingerprint density at radius 2 is 1.69 bits per heavy atom. The third kappa shape index (κ3) is 6.86. The molecule has 0 aromatic heterocycles. The summed E-state index contributed by atoms with van der Waals surface area (Å²) in [5, 5.41) is 8.52. The number of amides is 2. The Morgan fingerprint density at radius 3 is 2.38 bits per heavy atom. The van der Waals surface area contributed by atoms with E-state index in [9.17, 15) is 9.59 Å². The summed E-state index contributed by atoms with van der Waals surface area (Å²) >= 11 is 5.15. The van der Waals surface area contributed by atoms with Crippen LogP contribution in [0.25, 0.3) is 6.08 Å². The highest BCUT2D eigenvalue weighted by Crippen LogP contribution is 2.15. The molecule has 134 valence electrons. The maximum absolute atomic E-state index is 11.9. The van der Waals surface area contributed by atoms with Crippen molar-refractivity contribution in [3.05, 3.63) is 66.2 Å². The molecule has 0 unspecified atom stereocenters. The second kappa shape index (κ2) is 10.1. The summed E-state index contributed by atoms with van der Waals surface area (Å²) < 4.78 is 0. The Morgan fingerprint density at radius 1 is 1.00 bits per heavy atom. The van der Waals surface area contributed by atoms with E-state index in [1.807, 2.05) is 37.3 Å². The van der Waals surface area contributed by atoms with Gasteiger partial charge >= 0.3 is 0 Å². The third-order valence-corrected chi connectivity index (χ3v) is 3.55. The lowest BCUT2D eigenvalue weighted by atomic mass is 10.2. The van der Waals surface area contributed by atoms with Gasteiger partial charge in [-0.1, -0.05) is 43.3 Å². The highest BCUT2D eigenvalue weighted by atomic mass is 32.1. The van der Waals surface area contributed by atoms with Crippen molar-refractivity contribution in [2.45, 2.75) is 19.8 Å². The number of carbonyl (C=O) groups excluding carboxylic acids is 2. The molecule has 6 heteroatoms. The van der Waals surface area contributed by atoms with Gasteiger partial charge < -0.3 is 10.6 Å². The first-order chi connectivity index (χ1) is 12.6. The van der Waals surface area contributed by atoms with E-state index in [1.54, 1.807) is 30.3 Å². The predicted octanol–water partition coefficient (Wildman–Crippen LogP) is 3.95. The van der Waals surface area contributed by atoms with Crippen LogP contribution < -0.4 is 16.0 Å². The van der Waals surface area contributed by atoms with Crippen molar-refractivity contribution >= 4 is 46.6 Å². The number of carbonyl (C=O) groups is 2. The standard InChI is InChI=1S/C20H21N3O2S/c1-2-7-18(24)21-16-10-6-11-17(14-16)22-20(26)23-19(25)13-12-15-8-4-3-5-9-15/h3-6,8-14H,2,7H2,1H3,(H,21,24)(H2,22,23,25,26)/b13-12+. The quantitative estimate of drug-likeness (QED) is 0.534. The second-order valence-corrected chi connectivity index (χ2v) is 5.97. The highest BCUT2D eigenvalue weighted by Gasteiger charge is 2.04. The molecule has 2 amide bonds. The van der Waals surface area contributed by atoms with Crippen LogP contribution in [0.1, 0.15) is 25.3 Å². The SMILES string of the molecule is CCCC(=O)Nc1cccc(NC(=S)NC(=O)/C=C/c2ccccc2)c1. The van der Waals surface area contributed by atoms with Crippen molar-refractivity contribution in [1.82, 2.24) is 5.32 Å². The van der Waals surface area contributed by atoms with Crippen LogP contribution in [0.2, 0.25) is 0 Å². The zero-order valence-corrected chi connectivity index (χ0v) is 15.3. The first kappa shape index (κ1) is 19.3. The van der Waals surface area contributed by atoms with Crippen LogP contribution in [0, 0.1) is 0 Å². The van der Waals surface area contributed by atoms with Gasteiger partial charge in [-0.15, -0.1) is 0 Å². The molecule has 0 atom stereocenters. The lowest BCUT2D eigenvalue weighted by Crippen LogP contribution is -2.32. The first-order valence-electron chi connectivity index (χ1n) is 8.32. The van der Waals surface area contributed by atoms with Gasteiger partial charge in [0.2, 0.25) is 11.8 Å². The van der Waals surface area contributed by atoms with E-state index in [1.165, 1.54) is 6.08 Å². The Labute approximate surface area is 158 Å². The lowest BCUT2D eigenvalue weighted by molar-refractivity contribution is -0.116. The summed E-state index contributed by atoms with van der Waals surface area (Å²) in [5.74, 6) is -0.356. The number of thiocarbonyl (C=S) groups is 1. The van der Waals surface area contributed by atoms with E-state index in [2.05, 4.69) is 16.0 Å². The monoisotopic (exact) mass is 367 g/mol. The highest BCUT2D eigenvalue weighted by molar-refractivity contribution is 7.80. The molecule has 5 nitrogen and oxygen atoms in total. The van der Waals surface area contributed by atoms with Crippen molar-refractivity contribution in [1.29, 1.82) is 0 Å². The van der Waals surface area contributed by atoms with Crippen LogP contribution in [-0.4, -0.2) is 16.9 Å². The Hall–Kier alpha value is -2.99. The largest absolute Gasteiger partial charge is 0.332 e. The number of benzene rings is 2. The smallest absolute Gasteiger partial charge is 0.250 e. The molecule has 0 bridgehead atoms. The van der Waals surface area contributed by atoms with Gasteiger partial charge in [-0.25, -0.2) is 0 Å². The van der Waals surface area contributed by atoms with Gasteiger partial charge in [0.25, 0.3) is 0 Å². The zero-order chi connectivity index (χ0) is 18.8. The molecule has 2 aromatic carbocycles. The molecule has 0 aliphatic rings. The van der Waals surface area contributed by atoms with Crippen LogP contribution in [0.15, 0.2) is 60.7 Å². The zero-order valence-electron chi connectivity index (χ0n) is 14.5. The van der Waals surface area contributed by atoms with Crippen LogP contribution >= 0.6 is 12.2 Å². The second-order valence-electron chi connectivity index (χ2n) is 5.57. The van der Waals surface area contributed by atoms with E-state index < -0.39 is 0 Å². The fraction of sp³-hybridized carbons (Fsp3) is 0.150. The van der Waals surface area contributed by atoms with Gasteiger partial charge in [0, 0.05) is 23.9 Å². The van der Waals surface area contributed by atoms with Gasteiger partial charge in [-0.05, 0) is 48.5 Å². The van der Waals surface area contributed by atoms with E-state index >= 15 is 0 Å². The number of hydrogen-bond acceptors (Lipinski definition) is 3. The fourth-order valence-electron chi connectivity index (χ4n) is 2.18. The molecule has 3 N–H and O–H groups in total. The van der Waals surface area contributed by atoms with Crippen LogP contribution in [-0.2, 0) is 9.59 Å². The maximum atomic E-state index is 11.9. The van der Waals surface area contributed by atoms with Crippen LogP contribution in [0.3, 0.4) is 0 Å². The Balaban J connectivity index is 1.88. The van der Waals surface area contributed by atoms with Gasteiger partial charge in [-0.3, -0.25) is 14.9 Å². The predicted molar refractivity (Wildman–Crippen MR) is 110 cm³/mol. The normalized spacial score (nSPS) is 10.3. The van der Waals surface area contributed by atoms with Gasteiger partial charge in [-0.2, -0.15) is 0 Å². The molecule has 0 saturated carbocycles. The summed E-state index contributed by atoms with van der Waals surface area (Å²) in [6.07, 6.45) is 4.39. The molecule has 0 aliphatic heterocycles. The summed E-state index contributed by atoms with van der Waals surface area (Å²) in [6.45, 7) is 1.95. The van der Waals surface area contributed by atoms with Gasteiger partial charge in [0.1, 0.15) is 0 Å². The number of anilines is 2. The third-order valence-electron chi connectivity index (χ3n) is 3.34. The van der Waals surface area contributed by atoms with Crippen molar-refractivity contribution in [3.63, 3.8) is 0 Å². The summed E-state index contributed by atoms with van der Waals surface area (Å²) in [6, 6.07) is 16.7. The Bertz CT molecular complexity index is 804. The van der Waals surface area contributed by atoms with Crippen LogP contribution in [0.5, 0.6) is 0 Å². The van der Waals surface area contributed by atoms with Crippen molar-refractivity contribution in [3.8, 4) is 0 Å². The lowest BCUT2D eigenvalue weighted by Gasteiger charge is -2.10. The fourth-order valence-corrected chi connectivity index (χ4v) is 2.40. The molecule has 0 fully saturated rings. The average molecular weight is 367 g/mol. The van der Waals surface area contributed by atoms with Gasteiger partial charge in [0.15, 0.2) is 5.11 Å². The van der Waals surface area contributed by atoms with E-state index in [4.69, 9.17) is 12.2 Å². The Kier molecular flexibility index (Phi) is 7.51. The minimum atomic E-state index is -0.321. The maximum Gasteiger partial charge on any atom is 0.250 e. The molecular formula is C20H21N3O2S.